The third kappa shape index (κ3) is 4.62. The summed E-state index contributed by atoms with van der Waals surface area (Å²) in [6, 6.07) is 3.33. The molecule has 0 aliphatic carbocycles. The summed E-state index contributed by atoms with van der Waals surface area (Å²) in [6.07, 6.45) is 0.861. The number of piperidine rings is 2. The summed E-state index contributed by atoms with van der Waals surface area (Å²) >= 11 is 5.92. The summed E-state index contributed by atoms with van der Waals surface area (Å²) in [4.78, 5) is 27.7. The van der Waals surface area contributed by atoms with Crippen LogP contribution in [0.4, 0.5) is 13.6 Å². The van der Waals surface area contributed by atoms with Crippen LogP contribution in [0.2, 0.25) is 5.02 Å². The lowest BCUT2D eigenvalue weighted by Crippen LogP contribution is -2.63. The van der Waals surface area contributed by atoms with Crippen molar-refractivity contribution >= 4 is 23.5 Å². The molecule has 0 spiro atoms. The van der Waals surface area contributed by atoms with Gasteiger partial charge in [0.15, 0.2) is 0 Å². The van der Waals surface area contributed by atoms with Gasteiger partial charge in [-0.1, -0.05) is 11.6 Å². The maximum atomic E-state index is 15.2. The predicted octanol–water partition coefficient (Wildman–Crippen LogP) is 2.37. The number of alkyl halides is 1. The van der Waals surface area contributed by atoms with Gasteiger partial charge in [0, 0.05) is 39.0 Å². The van der Waals surface area contributed by atoms with Crippen LogP contribution in [0.15, 0.2) is 18.2 Å². The second-order valence-corrected chi connectivity index (χ2v) is 8.45. The average molecular weight is 444 g/mol. The lowest BCUT2D eigenvalue weighted by Gasteiger charge is -2.44. The molecule has 3 fully saturated rings. The van der Waals surface area contributed by atoms with Gasteiger partial charge in [-0.15, -0.1) is 0 Å². The summed E-state index contributed by atoms with van der Waals surface area (Å²) in [5, 5.41) is 2.96. The normalized spacial score (nSPS) is 26.0. The van der Waals surface area contributed by atoms with Crippen molar-refractivity contribution in [1.82, 2.24) is 15.1 Å². The minimum Gasteiger partial charge on any atom is -0.489 e. The third-order valence-corrected chi connectivity index (χ3v) is 6.20. The number of likely N-dealkylation sites (tertiary alicyclic amines) is 2. The molecule has 0 bridgehead atoms. The summed E-state index contributed by atoms with van der Waals surface area (Å²) in [7, 11) is 0. The summed E-state index contributed by atoms with van der Waals surface area (Å²) < 4.78 is 39.3. The molecular formula is C20H24ClF2N3O4. The van der Waals surface area contributed by atoms with Gasteiger partial charge < -0.3 is 24.6 Å². The van der Waals surface area contributed by atoms with Gasteiger partial charge in [0.1, 0.15) is 30.4 Å². The van der Waals surface area contributed by atoms with Crippen LogP contribution in [0, 0.1) is 5.82 Å². The Hall–Kier alpha value is -2.13. The number of hydrogen-bond donors (Lipinski definition) is 1. The van der Waals surface area contributed by atoms with Crippen molar-refractivity contribution < 1.29 is 27.8 Å². The topological polar surface area (TPSA) is 71.1 Å². The molecule has 3 aliphatic heterocycles. The van der Waals surface area contributed by atoms with Crippen molar-refractivity contribution in [2.45, 2.75) is 37.1 Å². The van der Waals surface area contributed by atoms with Crippen LogP contribution in [0.25, 0.3) is 0 Å². The lowest BCUT2D eigenvalue weighted by molar-refractivity contribution is -0.139. The Morgan fingerprint density at radius 2 is 2.07 bits per heavy atom. The SMILES string of the molecule is O=C1CO[C@H]2CCN(C(=O)N3CCC(F)(COc4ccc(F)cc4Cl)CC3)CC2N1. The molecule has 3 aliphatic rings. The lowest BCUT2D eigenvalue weighted by atomic mass is 9.94. The maximum Gasteiger partial charge on any atom is 0.320 e. The fraction of sp³-hybridized carbons (Fsp3) is 0.600. The Bertz CT molecular complexity index is 819. The smallest absolute Gasteiger partial charge is 0.320 e. The minimum absolute atomic E-state index is 0.0605. The molecule has 3 heterocycles. The summed E-state index contributed by atoms with van der Waals surface area (Å²) in [5.74, 6) is -0.433. The number of ether oxygens (including phenoxy) is 2. The van der Waals surface area contributed by atoms with Crippen LogP contribution in [0.1, 0.15) is 19.3 Å². The molecular weight excluding hydrogens is 420 g/mol. The number of hydrogen-bond acceptors (Lipinski definition) is 4. The van der Waals surface area contributed by atoms with E-state index in [2.05, 4.69) is 5.32 Å². The first-order valence-electron chi connectivity index (χ1n) is 10.0. The number of halogens is 3. The highest BCUT2D eigenvalue weighted by molar-refractivity contribution is 6.32. The minimum atomic E-state index is -1.59. The van der Waals surface area contributed by atoms with Gasteiger partial charge in [-0.25, -0.2) is 13.6 Å². The van der Waals surface area contributed by atoms with Crippen molar-refractivity contribution in [2.75, 3.05) is 39.4 Å². The highest BCUT2D eigenvalue weighted by Gasteiger charge is 2.41. The molecule has 0 saturated carbocycles. The quantitative estimate of drug-likeness (QED) is 0.778. The molecule has 1 unspecified atom stereocenters. The van der Waals surface area contributed by atoms with Gasteiger partial charge in [0.25, 0.3) is 0 Å². The highest BCUT2D eigenvalue weighted by atomic mass is 35.5. The van der Waals surface area contributed by atoms with Crippen LogP contribution in [0.5, 0.6) is 5.75 Å². The number of morpholine rings is 1. The molecule has 1 aromatic rings. The zero-order valence-corrected chi connectivity index (χ0v) is 17.2. The largest absolute Gasteiger partial charge is 0.489 e. The predicted molar refractivity (Wildman–Crippen MR) is 105 cm³/mol. The molecule has 0 radical (unpaired) electrons. The van der Waals surface area contributed by atoms with Gasteiger partial charge in [0.05, 0.1) is 17.2 Å². The number of urea groups is 1. The fourth-order valence-corrected chi connectivity index (χ4v) is 4.34. The molecule has 0 aromatic heterocycles. The molecule has 10 heteroatoms. The third-order valence-electron chi connectivity index (χ3n) is 5.91. The van der Waals surface area contributed by atoms with Crippen LogP contribution < -0.4 is 10.1 Å². The van der Waals surface area contributed by atoms with E-state index in [1.165, 1.54) is 12.1 Å². The Morgan fingerprint density at radius 3 is 2.80 bits per heavy atom. The number of carbonyl (C=O) groups is 2. The Kier molecular flexibility index (Phi) is 6.02. The van der Waals surface area contributed by atoms with E-state index < -0.39 is 11.5 Å². The number of amides is 3. The highest BCUT2D eigenvalue weighted by Crippen LogP contribution is 2.31. The molecule has 164 valence electrons. The number of fused-ring (bicyclic) bond motifs is 1. The van der Waals surface area contributed by atoms with Gasteiger partial charge in [-0.05, 0) is 24.6 Å². The molecule has 3 amide bonds. The maximum absolute atomic E-state index is 15.2. The zero-order chi connectivity index (χ0) is 21.3. The van der Waals surface area contributed by atoms with Crippen LogP contribution in [-0.2, 0) is 9.53 Å². The number of carbonyl (C=O) groups excluding carboxylic acids is 2. The number of benzene rings is 1. The zero-order valence-electron chi connectivity index (χ0n) is 16.4. The Balaban J connectivity index is 1.28. The second kappa shape index (κ2) is 8.55. The molecule has 4 rings (SSSR count). The van der Waals surface area contributed by atoms with Gasteiger partial charge in [-0.2, -0.15) is 0 Å². The average Bonchev–Trinajstić information content (AvgIpc) is 2.72. The second-order valence-electron chi connectivity index (χ2n) is 8.04. The van der Waals surface area contributed by atoms with Crippen molar-refractivity contribution in [1.29, 1.82) is 0 Å². The van der Waals surface area contributed by atoms with E-state index in [4.69, 9.17) is 21.1 Å². The summed E-state index contributed by atoms with van der Waals surface area (Å²) in [6.45, 7) is 1.31. The molecule has 2 atom stereocenters. The first kappa shape index (κ1) is 21.1. The fourth-order valence-electron chi connectivity index (χ4n) is 4.12. The molecule has 1 aromatic carbocycles. The summed E-state index contributed by atoms with van der Waals surface area (Å²) in [5.41, 5.74) is -1.59. The van der Waals surface area contributed by atoms with Crippen molar-refractivity contribution in [3.05, 3.63) is 29.0 Å². The monoisotopic (exact) mass is 443 g/mol. The van der Waals surface area contributed by atoms with Crippen molar-refractivity contribution in [3.63, 3.8) is 0 Å². The van der Waals surface area contributed by atoms with E-state index in [-0.39, 0.29) is 74.0 Å². The van der Waals surface area contributed by atoms with E-state index in [9.17, 15) is 14.0 Å². The first-order valence-corrected chi connectivity index (χ1v) is 10.4. The van der Waals surface area contributed by atoms with E-state index in [1.54, 1.807) is 9.80 Å². The van der Waals surface area contributed by atoms with Gasteiger partial charge in [0.2, 0.25) is 5.91 Å². The van der Waals surface area contributed by atoms with E-state index in [0.717, 1.165) is 6.07 Å². The van der Waals surface area contributed by atoms with Gasteiger partial charge >= 0.3 is 6.03 Å². The van der Waals surface area contributed by atoms with Crippen molar-refractivity contribution in [3.8, 4) is 5.75 Å². The number of nitrogens with zero attached hydrogens (tertiary/aromatic N) is 2. The molecule has 7 nitrogen and oxygen atoms in total. The molecule has 1 N–H and O–H groups in total. The van der Waals surface area contributed by atoms with E-state index in [1.807, 2.05) is 0 Å². The Morgan fingerprint density at radius 1 is 1.30 bits per heavy atom. The van der Waals surface area contributed by atoms with Crippen molar-refractivity contribution in [2.24, 2.45) is 0 Å². The number of nitrogens with one attached hydrogen (secondary N) is 1. The van der Waals surface area contributed by atoms with Crippen LogP contribution in [0.3, 0.4) is 0 Å². The first-order chi connectivity index (χ1) is 14.3. The van der Waals surface area contributed by atoms with E-state index >= 15 is 4.39 Å². The van der Waals surface area contributed by atoms with Crippen LogP contribution in [-0.4, -0.2) is 78.9 Å². The van der Waals surface area contributed by atoms with Gasteiger partial charge in [-0.3, -0.25) is 4.79 Å². The van der Waals surface area contributed by atoms with Crippen LogP contribution >= 0.6 is 11.6 Å². The molecule has 30 heavy (non-hydrogen) atoms. The number of rotatable bonds is 3. The molecule has 3 saturated heterocycles. The Labute approximate surface area is 178 Å². The van der Waals surface area contributed by atoms with E-state index in [0.29, 0.717) is 19.5 Å². The standard InChI is InChI=1S/C20H24ClF2N3O4/c21-14-9-13(22)1-2-16(14)30-12-20(23)4-7-25(8-5-20)19(28)26-6-3-17-15(10-26)24-18(27)11-29-17/h1-2,9,15,17H,3-8,10-12H2,(H,24,27)/t15?,17-/m0/s1.